The van der Waals surface area contributed by atoms with Crippen molar-refractivity contribution in [1.29, 1.82) is 0 Å². The van der Waals surface area contributed by atoms with Gasteiger partial charge in [-0.15, -0.1) is 0 Å². The van der Waals surface area contributed by atoms with E-state index in [-0.39, 0.29) is 16.3 Å². The number of carbonyl (C=O) groups excluding carboxylic acids is 2. The highest BCUT2D eigenvalue weighted by molar-refractivity contribution is 6.34. The number of hydrogen-bond donors (Lipinski definition) is 2. The molecule has 0 unspecified atom stereocenters. The van der Waals surface area contributed by atoms with E-state index in [1.165, 1.54) is 17.8 Å². The highest BCUT2D eigenvalue weighted by Gasteiger charge is 2.14. The van der Waals surface area contributed by atoms with Crippen LogP contribution in [0.25, 0.3) is 0 Å². The Morgan fingerprint density at radius 2 is 1.86 bits per heavy atom. The first kappa shape index (κ1) is 16.0. The molecule has 0 atom stereocenters. The molecular formula is C16H16ClN3O2. The third-order valence-electron chi connectivity index (χ3n) is 3.18. The number of nitrogens with zero attached hydrogens (tertiary/aromatic N) is 1. The van der Waals surface area contributed by atoms with E-state index < -0.39 is 11.8 Å². The number of nitrogens with one attached hydrogen (secondary N) is 1. The van der Waals surface area contributed by atoms with Crippen LogP contribution in [0.4, 0.5) is 5.69 Å². The third-order valence-corrected chi connectivity index (χ3v) is 3.46. The van der Waals surface area contributed by atoms with Crippen molar-refractivity contribution in [3.8, 4) is 0 Å². The van der Waals surface area contributed by atoms with Gasteiger partial charge in [-0.1, -0.05) is 37.6 Å². The van der Waals surface area contributed by atoms with Gasteiger partial charge in [0.15, 0.2) is 0 Å². The Hall–Kier alpha value is -2.40. The Labute approximate surface area is 133 Å². The van der Waals surface area contributed by atoms with E-state index in [2.05, 4.69) is 24.1 Å². The Morgan fingerprint density at radius 3 is 2.36 bits per heavy atom. The molecule has 0 aliphatic carbocycles. The van der Waals surface area contributed by atoms with Gasteiger partial charge < -0.3 is 11.1 Å². The number of pyridine rings is 1. The SMILES string of the molecule is CC(C)c1ccc(NC(=O)c2ncc(C(N)=O)cc2Cl)cc1. The number of rotatable bonds is 4. The zero-order chi connectivity index (χ0) is 16.3. The van der Waals surface area contributed by atoms with Crippen LogP contribution >= 0.6 is 11.6 Å². The van der Waals surface area contributed by atoms with E-state index in [1.807, 2.05) is 24.3 Å². The van der Waals surface area contributed by atoms with E-state index >= 15 is 0 Å². The fraction of sp³-hybridized carbons (Fsp3) is 0.188. The summed E-state index contributed by atoms with van der Waals surface area (Å²) in [6, 6.07) is 8.86. The summed E-state index contributed by atoms with van der Waals surface area (Å²) in [5, 5.41) is 2.79. The summed E-state index contributed by atoms with van der Waals surface area (Å²) in [6.45, 7) is 4.19. The van der Waals surface area contributed by atoms with Gasteiger partial charge in [0.25, 0.3) is 5.91 Å². The normalized spacial score (nSPS) is 10.5. The predicted molar refractivity (Wildman–Crippen MR) is 86.2 cm³/mol. The molecule has 2 aromatic rings. The van der Waals surface area contributed by atoms with Crippen LogP contribution in [0.5, 0.6) is 0 Å². The lowest BCUT2D eigenvalue weighted by atomic mass is 10.0. The Kier molecular flexibility index (Phi) is 4.78. The summed E-state index contributed by atoms with van der Waals surface area (Å²) >= 11 is 5.97. The van der Waals surface area contributed by atoms with E-state index in [4.69, 9.17) is 17.3 Å². The summed E-state index contributed by atoms with van der Waals surface area (Å²) in [6.07, 6.45) is 1.23. The molecule has 0 spiro atoms. The van der Waals surface area contributed by atoms with E-state index in [1.54, 1.807) is 0 Å². The first-order chi connectivity index (χ1) is 10.4. The number of carbonyl (C=O) groups is 2. The molecule has 1 heterocycles. The van der Waals surface area contributed by atoms with Gasteiger partial charge in [-0.25, -0.2) is 4.98 Å². The molecule has 0 bridgehead atoms. The lowest BCUT2D eigenvalue weighted by Gasteiger charge is -2.09. The lowest BCUT2D eigenvalue weighted by molar-refractivity contribution is 0.0993. The second-order valence-electron chi connectivity index (χ2n) is 5.15. The van der Waals surface area contributed by atoms with Crippen molar-refractivity contribution in [2.24, 2.45) is 5.73 Å². The molecule has 5 nitrogen and oxygen atoms in total. The molecule has 0 aliphatic heterocycles. The van der Waals surface area contributed by atoms with Gasteiger partial charge in [-0.3, -0.25) is 9.59 Å². The summed E-state index contributed by atoms with van der Waals surface area (Å²) < 4.78 is 0. The van der Waals surface area contributed by atoms with Gasteiger partial charge >= 0.3 is 0 Å². The van der Waals surface area contributed by atoms with Gasteiger partial charge in [0, 0.05) is 11.9 Å². The molecule has 1 aromatic heterocycles. The maximum atomic E-state index is 12.2. The summed E-state index contributed by atoms with van der Waals surface area (Å²) in [7, 11) is 0. The van der Waals surface area contributed by atoms with Gasteiger partial charge in [0.2, 0.25) is 5.91 Å². The second-order valence-corrected chi connectivity index (χ2v) is 5.56. The van der Waals surface area contributed by atoms with Crippen LogP contribution in [0.3, 0.4) is 0 Å². The Bertz CT molecular complexity index is 712. The van der Waals surface area contributed by atoms with Crippen molar-refractivity contribution < 1.29 is 9.59 Å². The van der Waals surface area contributed by atoms with Crippen molar-refractivity contribution in [2.45, 2.75) is 19.8 Å². The molecule has 0 saturated carbocycles. The first-order valence-corrected chi connectivity index (χ1v) is 7.13. The molecule has 22 heavy (non-hydrogen) atoms. The molecule has 114 valence electrons. The quantitative estimate of drug-likeness (QED) is 0.908. The van der Waals surface area contributed by atoms with Crippen LogP contribution in [-0.2, 0) is 0 Å². The molecule has 0 fully saturated rings. The van der Waals surface area contributed by atoms with Crippen LogP contribution in [0.2, 0.25) is 5.02 Å². The summed E-state index contributed by atoms with van der Waals surface area (Å²) in [4.78, 5) is 27.1. The smallest absolute Gasteiger partial charge is 0.275 e. The monoisotopic (exact) mass is 317 g/mol. The lowest BCUT2D eigenvalue weighted by Crippen LogP contribution is -2.16. The molecule has 0 aliphatic rings. The van der Waals surface area contributed by atoms with Crippen LogP contribution < -0.4 is 11.1 Å². The predicted octanol–water partition coefficient (Wildman–Crippen LogP) is 3.21. The van der Waals surface area contributed by atoms with Gasteiger partial charge in [-0.2, -0.15) is 0 Å². The fourth-order valence-corrected chi connectivity index (χ4v) is 2.13. The van der Waals surface area contributed by atoms with Crippen molar-refractivity contribution in [3.63, 3.8) is 0 Å². The standard InChI is InChI=1S/C16H16ClN3O2/c1-9(2)10-3-5-12(6-4-10)20-16(22)14-13(17)7-11(8-19-14)15(18)21/h3-9H,1-2H3,(H2,18,21)(H,20,22). The van der Waals surface area contributed by atoms with Gasteiger partial charge in [0.1, 0.15) is 5.69 Å². The average Bonchev–Trinajstić information content (AvgIpc) is 2.47. The third kappa shape index (κ3) is 3.62. The first-order valence-electron chi connectivity index (χ1n) is 6.75. The minimum Gasteiger partial charge on any atom is -0.366 e. The largest absolute Gasteiger partial charge is 0.366 e. The number of benzene rings is 1. The maximum Gasteiger partial charge on any atom is 0.275 e. The van der Waals surface area contributed by atoms with E-state index in [0.29, 0.717) is 11.6 Å². The van der Waals surface area contributed by atoms with E-state index in [9.17, 15) is 9.59 Å². The molecule has 2 amide bonds. The Morgan fingerprint density at radius 1 is 1.23 bits per heavy atom. The van der Waals surface area contributed by atoms with Crippen LogP contribution in [-0.4, -0.2) is 16.8 Å². The topological polar surface area (TPSA) is 85.1 Å². The zero-order valence-electron chi connectivity index (χ0n) is 12.3. The van der Waals surface area contributed by atoms with Crippen molar-refractivity contribution in [1.82, 2.24) is 4.98 Å². The zero-order valence-corrected chi connectivity index (χ0v) is 13.0. The average molecular weight is 318 g/mol. The van der Waals surface area contributed by atoms with Crippen molar-refractivity contribution in [3.05, 3.63) is 58.4 Å². The number of amides is 2. The fourth-order valence-electron chi connectivity index (χ4n) is 1.88. The number of hydrogen-bond acceptors (Lipinski definition) is 3. The number of nitrogens with two attached hydrogens (primary N) is 1. The number of anilines is 1. The van der Waals surface area contributed by atoms with Gasteiger partial charge in [0.05, 0.1) is 10.6 Å². The number of primary amides is 1. The van der Waals surface area contributed by atoms with Crippen LogP contribution in [0.1, 0.15) is 46.2 Å². The molecule has 0 radical (unpaired) electrons. The molecule has 6 heteroatoms. The minimum atomic E-state index is -0.648. The summed E-state index contributed by atoms with van der Waals surface area (Å²) in [5.41, 5.74) is 7.15. The molecule has 2 rings (SSSR count). The van der Waals surface area contributed by atoms with Crippen molar-refractivity contribution in [2.75, 3.05) is 5.32 Å². The summed E-state index contributed by atoms with van der Waals surface area (Å²) in [5.74, 6) is -0.675. The molecule has 1 aromatic carbocycles. The van der Waals surface area contributed by atoms with Crippen molar-refractivity contribution >= 4 is 29.1 Å². The van der Waals surface area contributed by atoms with Gasteiger partial charge in [-0.05, 0) is 29.7 Å². The number of halogens is 1. The maximum absolute atomic E-state index is 12.2. The minimum absolute atomic E-state index is 0.0413. The van der Waals surface area contributed by atoms with Crippen LogP contribution in [0, 0.1) is 0 Å². The highest BCUT2D eigenvalue weighted by Crippen LogP contribution is 2.19. The van der Waals surface area contributed by atoms with Crippen LogP contribution in [0.15, 0.2) is 36.5 Å². The second kappa shape index (κ2) is 6.58. The highest BCUT2D eigenvalue weighted by atomic mass is 35.5. The molecular weight excluding hydrogens is 302 g/mol. The molecule has 0 saturated heterocycles. The van der Waals surface area contributed by atoms with E-state index in [0.717, 1.165) is 0 Å². The number of aromatic nitrogens is 1. The molecule has 3 N–H and O–H groups in total. The Balaban J connectivity index is 2.17.